The van der Waals surface area contributed by atoms with Crippen LogP contribution < -0.4 is 0 Å². The molecule has 6 heteroatoms. The van der Waals surface area contributed by atoms with Crippen molar-refractivity contribution in [2.75, 3.05) is 13.2 Å². The van der Waals surface area contributed by atoms with Gasteiger partial charge in [-0.15, -0.1) is 0 Å². The lowest BCUT2D eigenvalue weighted by Gasteiger charge is -2.18. The van der Waals surface area contributed by atoms with E-state index in [1.54, 1.807) is 0 Å². The molecule has 1 atom stereocenters. The third-order valence-corrected chi connectivity index (χ3v) is 9.54. The van der Waals surface area contributed by atoms with E-state index in [9.17, 15) is 14.4 Å². The molecule has 0 rings (SSSR count). The van der Waals surface area contributed by atoms with Gasteiger partial charge in [0.25, 0.3) is 0 Å². The Bertz CT molecular complexity index is 1020. The van der Waals surface area contributed by atoms with Crippen molar-refractivity contribution in [2.45, 2.75) is 219 Å². The number of unbranched alkanes of at least 4 members (excludes halogenated alkanes) is 19. The Balaban J connectivity index is 4.25. The molecule has 0 N–H and O–H groups in total. The summed E-state index contributed by atoms with van der Waals surface area (Å²) >= 11 is 0. The number of hydrogen-bond donors (Lipinski definition) is 0. The number of carbonyl (C=O) groups is 3. The second-order valence-electron chi connectivity index (χ2n) is 14.9. The number of hydrogen-bond acceptors (Lipinski definition) is 6. The van der Waals surface area contributed by atoms with Gasteiger partial charge >= 0.3 is 17.9 Å². The summed E-state index contributed by atoms with van der Waals surface area (Å²) in [4.78, 5) is 37.5. The summed E-state index contributed by atoms with van der Waals surface area (Å²) in [7, 11) is 0. The molecular formula is C49H84O6. The summed E-state index contributed by atoms with van der Waals surface area (Å²) < 4.78 is 16.6. The van der Waals surface area contributed by atoms with E-state index in [0.717, 1.165) is 109 Å². The molecule has 0 aliphatic rings. The monoisotopic (exact) mass is 769 g/mol. The van der Waals surface area contributed by atoms with Crippen LogP contribution in [-0.4, -0.2) is 37.2 Å². The zero-order valence-electron chi connectivity index (χ0n) is 35.9. The zero-order valence-corrected chi connectivity index (χ0v) is 35.9. The molecule has 0 amide bonds. The average Bonchev–Trinajstić information content (AvgIpc) is 3.18. The molecule has 316 valence electrons. The van der Waals surface area contributed by atoms with Crippen molar-refractivity contribution in [3.8, 4) is 0 Å². The highest BCUT2D eigenvalue weighted by Gasteiger charge is 2.19. The Kier molecular flexibility index (Phi) is 41.5. The smallest absolute Gasteiger partial charge is 0.306 e. The lowest BCUT2D eigenvalue weighted by molar-refractivity contribution is -0.167. The lowest BCUT2D eigenvalue weighted by Crippen LogP contribution is -2.30. The fourth-order valence-electron chi connectivity index (χ4n) is 6.11. The maximum absolute atomic E-state index is 12.6. The van der Waals surface area contributed by atoms with Crippen LogP contribution in [0.1, 0.15) is 213 Å². The van der Waals surface area contributed by atoms with Crippen molar-refractivity contribution in [3.05, 3.63) is 60.8 Å². The van der Waals surface area contributed by atoms with Crippen LogP contribution in [0.25, 0.3) is 0 Å². The molecule has 0 aliphatic carbocycles. The first-order valence-corrected chi connectivity index (χ1v) is 22.8. The van der Waals surface area contributed by atoms with Gasteiger partial charge in [0, 0.05) is 19.3 Å². The van der Waals surface area contributed by atoms with E-state index in [2.05, 4.69) is 81.5 Å². The molecule has 0 radical (unpaired) electrons. The Morgan fingerprint density at radius 2 is 0.709 bits per heavy atom. The summed E-state index contributed by atoms with van der Waals surface area (Å²) in [6.07, 6.45) is 52.2. The SMILES string of the molecule is CC/C=C\C/C=C\C/C=C\C/C=C\C/C=C\CCCCCCCC(=O)OCC(COC(=O)CCCCCCCCCC)OC(=O)CCCCCCCCCC. The van der Waals surface area contributed by atoms with E-state index in [1.165, 1.54) is 64.2 Å². The van der Waals surface area contributed by atoms with Crippen LogP contribution in [-0.2, 0) is 28.6 Å². The molecular weight excluding hydrogens is 685 g/mol. The van der Waals surface area contributed by atoms with Crippen LogP contribution in [0.3, 0.4) is 0 Å². The van der Waals surface area contributed by atoms with Crippen molar-refractivity contribution >= 4 is 17.9 Å². The van der Waals surface area contributed by atoms with E-state index in [4.69, 9.17) is 14.2 Å². The molecule has 0 spiro atoms. The molecule has 0 aromatic rings. The predicted octanol–water partition coefficient (Wildman–Crippen LogP) is 14.5. The van der Waals surface area contributed by atoms with Gasteiger partial charge in [0.05, 0.1) is 0 Å². The number of carbonyl (C=O) groups excluding carboxylic acids is 3. The zero-order chi connectivity index (χ0) is 40.1. The quantitative estimate of drug-likeness (QED) is 0.0267. The fraction of sp³-hybridized carbons (Fsp3) is 0.735. The van der Waals surface area contributed by atoms with Crippen LogP contribution in [0.5, 0.6) is 0 Å². The third kappa shape index (κ3) is 42.1. The highest BCUT2D eigenvalue weighted by atomic mass is 16.6. The number of allylic oxidation sites excluding steroid dienone is 10. The van der Waals surface area contributed by atoms with E-state index < -0.39 is 6.10 Å². The van der Waals surface area contributed by atoms with Crippen LogP contribution in [0.15, 0.2) is 60.8 Å². The molecule has 0 heterocycles. The van der Waals surface area contributed by atoms with Crippen molar-refractivity contribution in [3.63, 3.8) is 0 Å². The molecule has 55 heavy (non-hydrogen) atoms. The predicted molar refractivity (Wildman–Crippen MR) is 233 cm³/mol. The Hall–Kier alpha value is -2.89. The van der Waals surface area contributed by atoms with Crippen LogP contribution in [0.2, 0.25) is 0 Å². The van der Waals surface area contributed by atoms with E-state index in [1.807, 2.05) is 0 Å². The number of esters is 3. The van der Waals surface area contributed by atoms with Crippen molar-refractivity contribution in [2.24, 2.45) is 0 Å². The van der Waals surface area contributed by atoms with Gasteiger partial charge in [-0.05, 0) is 64.2 Å². The minimum absolute atomic E-state index is 0.0792. The van der Waals surface area contributed by atoms with Crippen molar-refractivity contribution in [1.82, 2.24) is 0 Å². The summed E-state index contributed by atoms with van der Waals surface area (Å²) in [5.74, 6) is -0.910. The molecule has 6 nitrogen and oxygen atoms in total. The maximum Gasteiger partial charge on any atom is 0.306 e. The molecule has 0 fully saturated rings. The summed E-state index contributed by atoms with van der Waals surface area (Å²) in [6, 6.07) is 0. The Labute approximate surface area is 339 Å². The third-order valence-electron chi connectivity index (χ3n) is 9.54. The number of ether oxygens (including phenoxy) is 3. The average molecular weight is 769 g/mol. The van der Waals surface area contributed by atoms with Gasteiger partial charge in [-0.3, -0.25) is 14.4 Å². The van der Waals surface area contributed by atoms with Crippen LogP contribution in [0.4, 0.5) is 0 Å². The minimum atomic E-state index is -0.774. The summed E-state index contributed by atoms with van der Waals surface area (Å²) in [6.45, 7) is 6.43. The number of rotatable bonds is 40. The second kappa shape index (κ2) is 43.8. The molecule has 0 saturated carbocycles. The van der Waals surface area contributed by atoms with Gasteiger partial charge in [-0.25, -0.2) is 0 Å². The first-order valence-electron chi connectivity index (χ1n) is 22.8. The van der Waals surface area contributed by atoms with Crippen LogP contribution >= 0.6 is 0 Å². The first kappa shape index (κ1) is 52.1. The highest BCUT2D eigenvalue weighted by Crippen LogP contribution is 2.13. The van der Waals surface area contributed by atoms with Crippen LogP contribution in [0, 0.1) is 0 Å². The highest BCUT2D eigenvalue weighted by molar-refractivity contribution is 5.71. The molecule has 0 aromatic carbocycles. The van der Waals surface area contributed by atoms with Gasteiger partial charge in [0.2, 0.25) is 0 Å². The first-order chi connectivity index (χ1) is 27.0. The second-order valence-corrected chi connectivity index (χ2v) is 14.9. The van der Waals surface area contributed by atoms with E-state index >= 15 is 0 Å². The van der Waals surface area contributed by atoms with Gasteiger partial charge in [0.1, 0.15) is 13.2 Å². The molecule has 1 unspecified atom stereocenters. The van der Waals surface area contributed by atoms with Gasteiger partial charge in [0.15, 0.2) is 6.10 Å². The van der Waals surface area contributed by atoms with Crippen molar-refractivity contribution in [1.29, 1.82) is 0 Å². The molecule has 0 saturated heterocycles. The lowest BCUT2D eigenvalue weighted by atomic mass is 10.1. The fourth-order valence-corrected chi connectivity index (χ4v) is 6.11. The normalized spacial score (nSPS) is 12.6. The van der Waals surface area contributed by atoms with E-state index in [-0.39, 0.29) is 31.1 Å². The van der Waals surface area contributed by atoms with Gasteiger partial charge < -0.3 is 14.2 Å². The standard InChI is InChI=1S/C49H84O6/c1-4-7-10-13-16-19-20-21-22-23-24-25-26-27-28-29-30-31-34-36-39-42-48(51)54-45-46(55-49(52)43-40-37-33-18-15-12-9-6-3)44-53-47(50)41-38-35-32-17-14-11-8-5-2/h7,10,16,19,21-22,24-25,27-28,46H,4-6,8-9,11-15,17-18,20,23,26,29-45H2,1-3H3/b10-7-,19-16-,22-21-,25-24-,28-27-. The molecule has 0 aromatic heterocycles. The maximum atomic E-state index is 12.6. The molecule has 0 aliphatic heterocycles. The largest absolute Gasteiger partial charge is 0.462 e. The Morgan fingerprint density at radius 3 is 1.11 bits per heavy atom. The molecule has 0 bridgehead atoms. The summed E-state index contributed by atoms with van der Waals surface area (Å²) in [5, 5.41) is 0. The Morgan fingerprint density at radius 1 is 0.382 bits per heavy atom. The topological polar surface area (TPSA) is 78.9 Å². The van der Waals surface area contributed by atoms with Crippen molar-refractivity contribution < 1.29 is 28.6 Å². The summed E-state index contributed by atoms with van der Waals surface area (Å²) in [5.41, 5.74) is 0. The van der Waals surface area contributed by atoms with E-state index in [0.29, 0.717) is 19.3 Å². The minimum Gasteiger partial charge on any atom is -0.462 e. The van der Waals surface area contributed by atoms with Gasteiger partial charge in [-0.1, -0.05) is 191 Å². The van der Waals surface area contributed by atoms with Gasteiger partial charge in [-0.2, -0.15) is 0 Å².